The van der Waals surface area contributed by atoms with E-state index in [1.807, 2.05) is 25.1 Å². The van der Waals surface area contributed by atoms with Crippen molar-refractivity contribution in [2.75, 3.05) is 0 Å². The van der Waals surface area contributed by atoms with Crippen molar-refractivity contribution in [2.24, 2.45) is 5.73 Å². The second kappa shape index (κ2) is 12.2. The molecule has 4 heteroatoms. The Balaban J connectivity index is 1.80. The SMILES string of the molecule is C=C/C(=C(/C#N)C=N)c1cccc(-c2c3ccccc3c(C3=CCCC(C(=C/C)/C(C#N)=C\N)=C3)c3ccccc23)c1. The number of hydrogen-bond acceptors (Lipinski definition) is 4. The summed E-state index contributed by atoms with van der Waals surface area (Å²) in [4.78, 5) is 0. The number of allylic oxidation sites excluding steroid dienone is 10. The molecular weight excluding hydrogens is 512 g/mol. The fourth-order valence-electron chi connectivity index (χ4n) is 5.94. The number of nitrogens with one attached hydrogen (secondary N) is 1. The van der Waals surface area contributed by atoms with Crippen LogP contribution in [0.15, 0.2) is 132 Å². The lowest BCUT2D eigenvalue weighted by atomic mass is 9.82. The highest BCUT2D eigenvalue weighted by atomic mass is 14.5. The summed E-state index contributed by atoms with van der Waals surface area (Å²) >= 11 is 0. The molecule has 0 radical (unpaired) electrons. The van der Waals surface area contributed by atoms with E-state index >= 15 is 0 Å². The number of benzene rings is 4. The molecule has 4 nitrogen and oxygen atoms in total. The first-order chi connectivity index (χ1) is 20.6. The molecule has 0 amide bonds. The molecule has 1 aliphatic rings. The lowest BCUT2D eigenvalue weighted by molar-refractivity contribution is 0.977. The molecule has 0 atom stereocenters. The molecule has 3 N–H and O–H groups in total. The molecule has 0 aliphatic heterocycles. The van der Waals surface area contributed by atoms with Gasteiger partial charge in [-0.2, -0.15) is 10.5 Å². The maximum absolute atomic E-state index is 9.67. The Morgan fingerprint density at radius 1 is 0.905 bits per heavy atom. The van der Waals surface area contributed by atoms with Crippen molar-refractivity contribution in [3.05, 3.63) is 143 Å². The maximum Gasteiger partial charge on any atom is 0.101 e. The van der Waals surface area contributed by atoms with Gasteiger partial charge in [0.1, 0.15) is 12.1 Å². The predicted octanol–water partition coefficient (Wildman–Crippen LogP) is 9.19. The van der Waals surface area contributed by atoms with Crippen LogP contribution in [0.25, 0.3) is 43.8 Å². The predicted molar refractivity (Wildman–Crippen MR) is 175 cm³/mol. The van der Waals surface area contributed by atoms with Crippen LogP contribution in [0.3, 0.4) is 0 Å². The van der Waals surface area contributed by atoms with E-state index in [2.05, 4.69) is 91.5 Å². The third-order valence-electron chi connectivity index (χ3n) is 7.76. The molecule has 0 heterocycles. The summed E-state index contributed by atoms with van der Waals surface area (Å²) in [5, 5.41) is 31.5. The molecular formula is C38H30N4. The monoisotopic (exact) mass is 542 g/mol. The minimum atomic E-state index is 0.267. The van der Waals surface area contributed by atoms with E-state index in [1.54, 1.807) is 6.08 Å². The third kappa shape index (κ3) is 4.87. The van der Waals surface area contributed by atoms with Crippen LogP contribution in [0.2, 0.25) is 0 Å². The molecule has 4 aromatic carbocycles. The van der Waals surface area contributed by atoms with Crippen molar-refractivity contribution in [2.45, 2.75) is 19.8 Å². The van der Waals surface area contributed by atoms with Gasteiger partial charge in [0.05, 0.1) is 11.1 Å². The quantitative estimate of drug-likeness (QED) is 0.105. The average molecular weight is 543 g/mol. The molecule has 0 bridgehead atoms. The van der Waals surface area contributed by atoms with Gasteiger partial charge in [-0.1, -0.05) is 97.6 Å². The van der Waals surface area contributed by atoms with Crippen molar-refractivity contribution in [3.8, 4) is 23.3 Å². The van der Waals surface area contributed by atoms with Gasteiger partial charge in [0.15, 0.2) is 0 Å². The summed E-state index contributed by atoms with van der Waals surface area (Å²) in [7, 11) is 0. The van der Waals surface area contributed by atoms with E-state index in [0.29, 0.717) is 11.1 Å². The summed E-state index contributed by atoms with van der Waals surface area (Å²) in [6.45, 7) is 5.85. The Labute approximate surface area is 246 Å². The number of fused-ring (bicyclic) bond motifs is 2. The molecule has 0 saturated carbocycles. The van der Waals surface area contributed by atoms with E-state index in [-0.39, 0.29) is 5.57 Å². The Morgan fingerprint density at radius 3 is 2.07 bits per heavy atom. The topological polar surface area (TPSA) is 97.5 Å². The van der Waals surface area contributed by atoms with Gasteiger partial charge in [0.2, 0.25) is 0 Å². The summed E-state index contributed by atoms with van der Waals surface area (Å²) in [6.07, 6.45) is 12.2. The van der Waals surface area contributed by atoms with Gasteiger partial charge in [0, 0.05) is 18.0 Å². The molecule has 5 rings (SSSR count). The van der Waals surface area contributed by atoms with Gasteiger partial charge in [-0.15, -0.1) is 0 Å². The zero-order valence-electron chi connectivity index (χ0n) is 23.5. The minimum Gasteiger partial charge on any atom is -0.404 e. The first-order valence-corrected chi connectivity index (χ1v) is 13.8. The Morgan fingerprint density at radius 2 is 1.55 bits per heavy atom. The molecule has 4 aromatic rings. The van der Waals surface area contributed by atoms with Gasteiger partial charge < -0.3 is 11.1 Å². The van der Waals surface area contributed by atoms with E-state index in [1.165, 1.54) is 6.20 Å². The molecule has 0 fully saturated rings. The summed E-state index contributed by atoms with van der Waals surface area (Å²) < 4.78 is 0. The number of nitrogens with two attached hydrogens (primary N) is 1. The van der Waals surface area contributed by atoms with Crippen LogP contribution in [0, 0.1) is 28.1 Å². The standard InChI is InChI=1S/C38H30N4/c1-3-31(29(21-39)22-40)25-11-9-13-27(19-25)37-33-15-5-7-17-35(33)38(36-18-8-6-16-34(36)37)28-14-10-12-26(20-28)32(4-2)30(23-41)24-42/h3-9,11,13-21,23,39H,1,10,12,41H2,2H3/b30-23-,31-29-,32-4-,39-21?. The fraction of sp³-hybridized carbons (Fsp3) is 0.0789. The van der Waals surface area contributed by atoms with Crippen LogP contribution >= 0.6 is 0 Å². The summed E-state index contributed by atoms with van der Waals surface area (Å²) in [5.41, 5.74) is 14.4. The normalized spacial score (nSPS) is 14.4. The highest BCUT2D eigenvalue weighted by Gasteiger charge is 2.20. The van der Waals surface area contributed by atoms with Crippen LogP contribution in [0.1, 0.15) is 30.9 Å². The van der Waals surface area contributed by atoms with Gasteiger partial charge >= 0.3 is 0 Å². The van der Waals surface area contributed by atoms with E-state index < -0.39 is 0 Å². The lowest BCUT2D eigenvalue weighted by Gasteiger charge is -2.21. The average Bonchev–Trinajstić information content (AvgIpc) is 3.04. The third-order valence-corrected chi connectivity index (χ3v) is 7.76. The minimum absolute atomic E-state index is 0.267. The number of nitrogens with zero attached hydrogens (tertiary/aromatic N) is 2. The van der Waals surface area contributed by atoms with Crippen LogP contribution < -0.4 is 5.73 Å². The molecule has 202 valence electrons. The lowest BCUT2D eigenvalue weighted by Crippen LogP contribution is -2.01. The molecule has 42 heavy (non-hydrogen) atoms. The van der Waals surface area contributed by atoms with Gasteiger partial charge in [-0.3, -0.25) is 0 Å². The van der Waals surface area contributed by atoms with Crippen molar-refractivity contribution < 1.29 is 0 Å². The van der Waals surface area contributed by atoms with Crippen molar-refractivity contribution in [1.82, 2.24) is 0 Å². The van der Waals surface area contributed by atoms with Gasteiger partial charge in [-0.25, -0.2) is 0 Å². The highest BCUT2D eigenvalue weighted by Crippen LogP contribution is 2.44. The Hall–Kier alpha value is -5.71. The van der Waals surface area contributed by atoms with Crippen LogP contribution in [0.4, 0.5) is 0 Å². The maximum atomic E-state index is 9.67. The van der Waals surface area contributed by atoms with Crippen LogP contribution in [0.5, 0.6) is 0 Å². The molecule has 0 saturated heterocycles. The zero-order chi connectivity index (χ0) is 29.6. The molecule has 1 aliphatic carbocycles. The van der Waals surface area contributed by atoms with Crippen molar-refractivity contribution in [1.29, 1.82) is 15.9 Å². The summed E-state index contributed by atoms with van der Waals surface area (Å²) in [5.74, 6) is 0. The first-order valence-electron chi connectivity index (χ1n) is 13.8. The smallest absolute Gasteiger partial charge is 0.101 e. The number of nitriles is 2. The Bertz CT molecular complexity index is 1940. The summed E-state index contributed by atoms with van der Waals surface area (Å²) in [6, 6.07) is 29.4. The van der Waals surface area contributed by atoms with E-state index in [9.17, 15) is 10.5 Å². The number of hydrogen-bond donors (Lipinski definition) is 2. The highest BCUT2D eigenvalue weighted by molar-refractivity contribution is 6.19. The van der Waals surface area contributed by atoms with Crippen molar-refractivity contribution >= 4 is 38.9 Å². The van der Waals surface area contributed by atoms with Gasteiger partial charge in [-0.05, 0) is 86.3 Å². The fourth-order valence-corrected chi connectivity index (χ4v) is 5.94. The van der Waals surface area contributed by atoms with Crippen molar-refractivity contribution in [3.63, 3.8) is 0 Å². The largest absolute Gasteiger partial charge is 0.404 e. The van der Waals surface area contributed by atoms with Crippen LogP contribution in [-0.4, -0.2) is 6.21 Å². The number of rotatable bonds is 7. The Kier molecular flexibility index (Phi) is 8.10. The molecule has 0 unspecified atom stereocenters. The molecule has 0 spiro atoms. The van der Waals surface area contributed by atoms with Gasteiger partial charge in [0.25, 0.3) is 0 Å². The zero-order valence-corrected chi connectivity index (χ0v) is 23.5. The van der Waals surface area contributed by atoms with E-state index in [0.717, 1.165) is 79.6 Å². The molecule has 0 aromatic heterocycles. The second-order valence-corrected chi connectivity index (χ2v) is 9.97. The van der Waals surface area contributed by atoms with Crippen LogP contribution in [-0.2, 0) is 0 Å². The van der Waals surface area contributed by atoms with E-state index in [4.69, 9.17) is 11.1 Å². The first kappa shape index (κ1) is 27.8. The second-order valence-electron chi connectivity index (χ2n) is 9.97.